The zero-order valence-corrected chi connectivity index (χ0v) is 13.1. The number of imidazole rings is 1. The highest BCUT2D eigenvalue weighted by Gasteiger charge is 2.09. The Bertz CT molecular complexity index is 584. The molecule has 0 bridgehead atoms. The molecule has 0 spiro atoms. The average molecular weight is 294 g/mol. The average Bonchev–Trinajstić information content (AvgIpc) is 2.70. The summed E-state index contributed by atoms with van der Waals surface area (Å²) in [5.74, 6) is 1.73. The monoisotopic (exact) mass is 293 g/mol. The Morgan fingerprint density at radius 2 is 1.95 bits per heavy atom. The molecule has 4 nitrogen and oxygen atoms in total. The summed E-state index contributed by atoms with van der Waals surface area (Å²) < 4.78 is 7.74. The van der Waals surface area contributed by atoms with E-state index in [1.165, 1.54) is 5.56 Å². The summed E-state index contributed by atoms with van der Waals surface area (Å²) in [7, 11) is 3.82. The second-order valence-electron chi connectivity index (χ2n) is 4.93. The Morgan fingerprint density at radius 3 is 2.45 bits per heavy atom. The lowest BCUT2D eigenvalue weighted by molar-refractivity contribution is 0.288. The van der Waals surface area contributed by atoms with Gasteiger partial charge in [0.05, 0.1) is 6.20 Å². The molecule has 2 rings (SSSR count). The SMILES string of the molecule is CNCc1cc(C)c(OCc2ncc(Cl)n2C)c(C)c1. The highest BCUT2D eigenvalue weighted by atomic mass is 35.5. The van der Waals surface area contributed by atoms with Gasteiger partial charge in [-0.2, -0.15) is 0 Å². The number of ether oxygens (including phenoxy) is 1. The summed E-state index contributed by atoms with van der Waals surface area (Å²) in [5, 5.41) is 3.77. The van der Waals surface area contributed by atoms with Gasteiger partial charge in [-0.05, 0) is 37.6 Å². The zero-order chi connectivity index (χ0) is 14.7. The first-order chi connectivity index (χ1) is 9.52. The van der Waals surface area contributed by atoms with E-state index in [0.717, 1.165) is 29.2 Å². The van der Waals surface area contributed by atoms with Crippen molar-refractivity contribution >= 4 is 11.6 Å². The molecule has 0 saturated heterocycles. The predicted octanol–water partition coefficient (Wildman–Crippen LogP) is 2.99. The lowest BCUT2D eigenvalue weighted by Crippen LogP contribution is -2.08. The molecule has 20 heavy (non-hydrogen) atoms. The van der Waals surface area contributed by atoms with E-state index in [4.69, 9.17) is 16.3 Å². The van der Waals surface area contributed by atoms with Crippen LogP contribution in [0.5, 0.6) is 5.75 Å². The molecule has 1 aromatic heterocycles. The first-order valence-electron chi connectivity index (χ1n) is 6.56. The van der Waals surface area contributed by atoms with Gasteiger partial charge in [0.25, 0.3) is 0 Å². The molecule has 0 aliphatic carbocycles. The van der Waals surface area contributed by atoms with Crippen LogP contribution in [-0.4, -0.2) is 16.6 Å². The topological polar surface area (TPSA) is 39.1 Å². The molecule has 1 aromatic carbocycles. The van der Waals surface area contributed by atoms with Crippen LogP contribution in [-0.2, 0) is 20.2 Å². The number of nitrogens with one attached hydrogen (secondary N) is 1. The van der Waals surface area contributed by atoms with Crippen molar-refractivity contribution in [3.05, 3.63) is 46.0 Å². The van der Waals surface area contributed by atoms with E-state index < -0.39 is 0 Å². The van der Waals surface area contributed by atoms with Crippen LogP contribution in [0.25, 0.3) is 0 Å². The van der Waals surface area contributed by atoms with E-state index in [2.05, 4.69) is 36.3 Å². The number of hydrogen-bond donors (Lipinski definition) is 1. The van der Waals surface area contributed by atoms with Crippen molar-refractivity contribution in [2.24, 2.45) is 7.05 Å². The summed E-state index contributed by atoms with van der Waals surface area (Å²) in [6, 6.07) is 4.29. The highest BCUT2D eigenvalue weighted by Crippen LogP contribution is 2.26. The van der Waals surface area contributed by atoms with E-state index in [0.29, 0.717) is 11.8 Å². The minimum atomic E-state index is 0.413. The fraction of sp³-hybridized carbons (Fsp3) is 0.400. The molecule has 0 unspecified atom stereocenters. The molecule has 2 aromatic rings. The quantitative estimate of drug-likeness (QED) is 0.921. The van der Waals surface area contributed by atoms with Crippen LogP contribution < -0.4 is 10.1 Å². The van der Waals surface area contributed by atoms with Gasteiger partial charge in [-0.3, -0.25) is 0 Å². The van der Waals surface area contributed by atoms with Crippen molar-refractivity contribution in [2.75, 3.05) is 7.05 Å². The van der Waals surface area contributed by atoms with Crippen LogP contribution in [0, 0.1) is 13.8 Å². The van der Waals surface area contributed by atoms with Gasteiger partial charge in [-0.15, -0.1) is 0 Å². The third kappa shape index (κ3) is 3.14. The Labute approximate surface area is 124 Å². The lowest BCUT2D eigenvalue weighted by Gasteiger charge is -2.14. The molecule has 0 radical (unpaired) electrons. The molecule has 0 atom stereocenters. The Kier molecular flexibility index (Phi) is 4.68. The number of aryl methyl sites for hydroxylation is 2. The van der Waals surface area contributed by atoms with Crippen molar-refractivity contribution in [1.82, 2.24) is 14.9 Å². The van der Waals surface area contributed by atoms with Crippen LogP contribution in [0.1, 0.15) is 22.5 Å². The summed E-state index contributed by atoms with van der Waals surface area (Å²) in [6.45, 7) is 5.40. The predicted molar refractivity (Wildman–Crippen MR) is 81.2 cm³/mol. The van der Waals surface area contributed by atoms with Gasteiger partial charge in [0, 0.05) is 13.6 Å². The van der Waals surface area contributed by atoms with Gasteiger partial charge in [-0.25, -0.2) is 4.98 Å². The van der Waals surface area contributed by atoms with Crippen molar-refractivity contribution < 1.29 is 4.74 Å². The summed E-state index contributed by atoms with van der Waals surface area (Å²) in [4.78, 5) is 4.23. The Morgan fingerprint density at radius 1 is 1.30 bits per heavy atom. The van der Waals surface area contributed by atoms with Crippen LogP contribution in [0.4, 0.5) is 0 Å². The van der Waals surface area contributed by atoms with E-state index >= 15 is 0 Å². The molecular weight excluding hydrogens is 274 g/mol. The van der Waals surface area contributed by atoms with E-state index in [-0.39, 0.29) is 0 Å². The van der Waals surface area contributed by atoms with E-state index in [1.807, 2.05) is 18.7 Å². The number of benzene rings is 1. The number of aromatic nitrogens is 2. The maximum atomic E-state index is 5.97. The van der Waals surface area contributed by atoms with Crippen molar-refractivity contribution in [3.63, 3.8) is 0 Å². The number of nitrogens with zero attached hydrogens (tertiary/aromatic N) is 2. The fourth-order valence-corrected chi connectivity index (χ4v) is 2.42. The molecule has 0 amide bonds. The van der Waals surface area contributed by atoms with Crippen molar-refractivity contribution in [3.8, 4) is 5.75 Å². The molecular formula is C15H20ClN3O. The maximum absolute atomic E-state index is 5.97. The third-order valence-electron chi connectivity index (χ3n) is 3.27. The zero-order valence-electron chi connectivity index (χ0n) is 12.3. The van der Waals surface area contributed by atoms with Crippen LogP contribution in [0.15, 0.2) is 18.3 Å². The summed E-state index contributed by atoms with van der Waals surface area (Å²) in [5.41, 5.74) is 3.53. The van der Waals surface area contributed by atoms with Crippen LogP contribution >= 0.6 is 11.6 Å². The minimum Gasteiger partial charge on any atom is -0.485 e. The van der Waals surface area contributed by atoms with Gasteiger partial charge < -0.3 is 14.6 Å². The van der Waals surface area contributed by atoms with Crippen molar-refractivity contribution in [1.29, 1.82) is 0 Å². The van der Waals surface area contributed by atoms with Gasteiger partial charge in [0.15, 0.2) is 0 Å². The molecule has 0 aliphatic heterocycles. The smallest absolute Gasteiger partial charge is 0.147 e. The van der Waals surface area contributed by atoms with Crippen LogP contribution in [0.2, 0.25) is 5.15 Å². The molecule has 0 fully saturated rings. The molecule has 0 saturated carbocycles. The van der Waals surface area contributed by atoms with Crippen molar-refractivity contribution in [2.45, 2.75) is 27.0 Å². The highest BCUT2D eigenvalue weighted by molar-refractivity contribution is 6.29. The molecule has 5 heteroatoms. The Hall–Kier alpha value is -1.52. The first kappa shape index (κ1) is 14.9. The van der Waals surface area contributed by atoms with Gasteiger partial charge in [0.1, 0.15) is 23.3 Å². The van der Waals surface area contributed by atoms with E-state index in [1.54, 1.807) is 6.20 Å². The second-order valence-corrected chi connectivity index (χ2v) is 5.32. The Balaban J connectivity index is 2.15. The fourth-order valence-electron chi connectivity index (χ4n) is 2.27. The second kappa shape index (κ2) is 6.29. The standard InChI is InChI=1S/C15H20ClN3O/c1-10-5-12(7-17-3)6-11(2)15(10)20-9-14-18-8-13(16)19(14)4/h5-6,8,17H,7,9H2,1-4H3. The summed E-state index contributed by atoms with van der Waals surface area (Å²) >= 11 is 5.97. The summed E-state index contributed by atoms with van der Waals surface area (Å²) in [6.07, 6.45) is 1.63. The van der Waals surface area contributed by atoms with Crippen LogP contribution in [0.3, 0.4) is 0 Å². The minimum absolute atomic E-state index is 0.413. The number of halogens is 1. The molecule has 108 valence electrons. The van der Waals surface area contributed by atoms with Gasteiger partial charge >= 0.3 is 0 Å². The third-order valence-corrected chi connectivity index (χ3v) is 3.63. The molecule has 1 heterocycles. The molecule has 1 N–H and O–H groups in total. The van der Waals surface area contributed by atoms with Gasteiger partial charge in [-0.1, -0.05) is 23.7 Å². The number of rotatable bonds is 5. The van der Waals surface area contributed by atoms with E-state index in [9.17, 15) is 0 Å². The normalized spacial score (nSPS) is 10.8. The number of hydrogen-bond acceptors (Lipinski definition) is 3. The van der Waals surface area contributed by atoms with Gasteiger partial charge in [0.2, 0.25) is 0 Å². The first-order valence-corrected chi connectivity index (χ1v) is 6.94. The largest absolute Gasteiger partial charge is 0.485 e. The lowest BCUT2D eigenvalue weighted by atomic mass is 10.1. The maximum Gasteiger partial charge on any atom is 0.147 e. The molecule has 0 aliphatic rings.